The minimum Gasteiger partial charge on any atom is -0.326 e. The van der Waals surface area contributed by atoms with Gasteiger partial charge in [0.05, 0.1) is 10.8 Å². The Kier molecular flexibility index (Phi) is 7.12. The van der Waals surface area contributed by atoms with E-state index >= 15 is 0 Å². The molecule has 31 heavy (non-hydrogen) atoms. The van der Waals surface area contributed by atoms with Gasteiger partial charge in [0.2, 0.25) is 21.8 Å². The van der Waals surface area contributed by atoms with Crippen LogP contribution in [0, 0.1) is 5.92 Å². The topological polar surface area (TPSA) is 86.8 Å². The average Bonchev–Trinajstić information content (AvgIpc) is 3.16. The quantitative estimate of drug-likeness (QED) is 0.678. The molecular formula is C23H29N3O4S. The summed E-state index contributed by atoms with van der Waals surface area (Å²) in [7, 11) is -3.54. The van der Waals surface area contributed by atoms with Crippen molar-refractivity contribution in [3.8, 4) is 0 Å². The van der Waals surface area contributed by atoms with Crippen LogP contribution in [0.3, 0.4) is 0 Å². The minimum atomic E-state index is -3.54. The predicted molar refractivity (Wildman–Crippen MR) is 121 cm³/mol. The van der Waals surface area contributed by atoms with Crippen molar-refractivity contribution in [2.24, 2.45) is 5.92 Å². The molecule has 1 atom stereocenters. The van der Waals surface area contributed by atoms with Gasteiger partial charge in [-0.05, 0) is 48.4 Å². The SMILES string of the molecule is CCc1ccc(N2CC(C(=O)Nc3ccc(S(=O)(=O)N(CC)CC)cc3)CC2=O)cc1. The monoisotopic (exact) mass is 443 g/mol. The molecule has 7 nitrogen and oxygen atoms in total. The first-order chi connectivity index (χ1) is 14.8. The molecule has 3 rings (SSSR count). The first kappa shape index (κ1) is 23.0. The molecule has 0 aliphatic carbocycles. The van der Waals surface area contributed by atoms with Crippen molar-refractivity contribution in [2.75, 3.05) is 29.9 Å². The molecule has 1 N–H and O–H groups in total. The van der Waals surface area contributed by atoms with E-state index in [-0.39, 0.29) is 23.1 Å². The molecule has 1 saturated heterocycles. The molecule has 1 fully saturated rings. The molecule has 1 unspecified atom stereocenters. The summed E-state index contributed by atoms with van der Waals surface area (Å²) >= 11 is 0. The number of hydrogen-bond acceptors (Lipinski definition) is 4. The number of nitrogens with one attached hydrogen (secondary N) is 1. The summed E-state index contributed by atoms with van der Waals surface area (Å²) in [4.78, 5) is 27.0. The largest absolute Gasteiger partial charge is 0.326 e. The fraction of sp³-hybridized carbons (Fsp3) is 0.391. The Morgan fingerprint density at radius 1 is 1.03 bits per heavy atom. The molecule has 0 radical (unpaired) electrons. The third kappa shape index (κ3) is 4.97. The maximum absolute atomic E-state index is 12.7. The average molecular weight is 444 g/mol. The van der Waals surface area contributed by atoms with Gasteiger partial charge in [-0.3, -0.25) is 9.59 Å². The lowest BCUT2D eigenvalue weighted by atomic mass is 10.1. The molecule has 8 heteroatoms. The number of nitrogens with zero attached hydrogens (tertiary/aromatic N) is 2. The van der Waals surface area contributed by atoms with Crippen LogP contribution in [-0.4, -0.2) is 44.2 Å². The molecule has 1 aliphatic rings. The minimum absolute atomic E-state index is 0.0786. The maximum atomic E-state index is 12.7. The number of hydrogen-bond donors (Lipinski definition) is 1. The van der Waals surface area contributed by atoms with Crippen molar-refractivity contribution in [1.29, 1.82) is 0 Å². The maximum Gasteiger partial charge on any atom is 0.243 e. The fourth-order valence-corrected chi connectivity index (χ4v) is 5.17. The van der Waals surface area contributed by atoms with Crippen LogP contribution in [0.1, 0.15) is 32.8 Å². The van der Waals surface area contributed by atoms with Crippen molar-refractivity contribution in [1.82, 2.24) is 4.31 Å². The van der Waals surface area contributed by atoms with Crippen molar-refractivity contribution < 1.29 is 18.0 Å². The molecule has 1 aliphatic heterocycles. The third-order valence-corrected chi connectivity index (χ3v) is 7.68. The Hall–Kier alpha value is -2.71. The molecule has 166 valence electrons. The van der Waals surface area contributed by atoms with Gasteiger partial charge in [0.25, 0.3) is 0 Å². The second-order valence-corrected chi connectivity index (χ2v) is 9.47. The number of benzene rings is 2. The van der Waals surface area contributed by atoms with Crippen molar-refractivity contribution in [3.63, 3.8) is 0 Å². The van der Waals surface area contributed by atoms with Crippen LogP contribution in [0.2, 0.25) is 0 Å². The van der Waals surface area contributed by atoms with Gasteiger partial charge in [-0.1, -0.05) is 32.9 Å². The van der Waals surface area contributed by atoms with E-state index in [1.807, 2.05) is 24.3 Å². The lowest BCUT2D eigenvalue weighted by Gasteiger charge is -2.19. The first-order valence-electron chi connectivity index (χ1n) is 10.6. The smallest absolute Gasteiger partial charge is 0.243 e. The van der Waals surface area contributed by atoms with Crippen LogP contribution >= 0.6 is 0 Å². The summed E-state index contributed by atoms with van der Waals surface area (Å²) in [6, 6.07) is 13.9. The number of rotatable bonds is 8. The number of sulfonamides is 1. The molecule has 0 aromatic heterocycles. The Balaban J connectivity index is 1.66. The first-order valence-corrected chi connectivity index (χ1v) is 12.0. The highest BCUT2D eigenvalue weighted by Crippen LogP contribution is 2.27. The van der Waals surface area contributed by atoms with Crippen LogP contribution in [0.25, 0.3) is 0 Å². The van der Waals surface area contributed by atoms with Crippen LogP contribution in [0.4, 0.5) is 11.4 Å². The Morgan fingerprint density at radius 2 is 1.65 bits per heavy atom. The highest BCUT2D eigenvalue weighted by Gasteiger charge is 2.35. The van der Waals surface area contributed by atoms with E-state index in [1.165, 1.54) is 22.0 Å². The zero-order valence-corrected chi connectivity index (χ0v) is 19.0. The second kappa shape index (κ2) is 9.62. The number of anilines is 2. The lowest BCUT2D eigenvalue weighted by molar-refractivity contribution is -0.122. The molecule has 0 bridgehead atoms. The predicted octanol–water partition coefficient (Wildman–Crippen LogP) is 3.27. The second-order valence-electron chi connectivity index (χ2n) is 7.53. The van der Waals surface area contributed by atoms with Gasteiger partial charge >= 0.3 is 0 Å². The van der Waals surface area contributed by atoms with Gasteiger partial charge in [0, 0.05) is 37.4 Å². The van der Waals surface area contributed by atoms with Gasteiger partial charge in [-0.15, -0.1) is 0 Å². The van der Waals surface area contributed by atoms with Gasteiger partial charge in [-0.25, -0.2) is 8.42 Å². The molecule has 1 heterocycles. The molecular weight excluding hydrogens is 414 g/mol. The summed E-state index contributed by atoms with van der Waals surface area (Å²) in [6.45, 7) is 6.77. The Morgan fingerprint density at radius 3 is 2.19 bits per heavy atom. The van der Waals surface area contributed by atoms with Crippen LogP contribution in [0.5, 0.6) is 0 Å². The molecule has 0 spiro atoms. The van der Waals surface area contributed by atoms with Crippen molar-refractivity contribution in [3.05, 3.63) is 54.1 Å². The standard InChI is InChI=1S/C23H29N3O4S/c1-4-17-7-11-20(12-8-17)26-16-18(15-22(26)27)23(28)24-19-9-13-21(14-10-19)31(29,30)25(5-2)6-3/h7-14,18H,4-6,15-16H2,1-3H3,(H,24,28). The van der Waals surface area contributed by atoms with E-state index in [1.54, 1.807) is 30.9 Å². The van der Waals surface area contributed by atoms with Gasteiger partial charge in [0.1, 0.15) is 0 Å². The summed E-state index contributed by atoms with van der Waals surface area (Å²) < 4.78 is 26.5. The molecule has 0 saturated carbocycles. The van der Waals surface area contributed by atoms with Gasteiger partial charge in [-0.2, -0.15) is 4.31 Å². The van der Waals surface area contributed by atoms with E-state index < -0.39 is 15.9 Å². The normalized spacial score (nSPS) is 16.7. The zero-order chi connectivity index (χ0) is 22.6. The Labute approximate surface area is 184 Å². The summed E-state index contributed by atoms with van der Waals surface area (Å²) in [5.41, 5.74) is 2.49. The van der Waals surface area contributed by atoms with E-state index in [0.717, 1.165) is 12.1 Å². The van der Waals surface area contributed by atoms with E-state index in [9.17, 15) is 18.0 Å². The number of amides is 2. The zero-order valence-electron chi connectivity index (χ0n) is 18.2. The fourth-order valence-electron chi connectivity index (χ4n) is 3.71. The third-order valence-electron chi connectivity index (χ3n) is 5.62. The summed E-state index contributed by atoms with van der Waals surface area (Å²) in [5, 5.41) is 2.80. The van der Waals surface area contributed by atoms with Crippen molar-refractivity contribution >= 4 is 33.2 Å². The highest BCUT2D eigenvalue weighted by atomic mass is 32.2. The summed E-state index contributed by atoms with van der Waals surface area (Å²) in [5.74, 6) is -0.789. The van der Waals surface area contributed by atoms with E-state index in [4.69, 9.17) is 0 Å². The molecule has 2 amide bonds. The summed E-state index contributed by atoms with van der Waals surface area (Å²) in [6.07, 6.45) is 1.07. The van der Waals surface area contributed by atoms with E-state index in [2.05, 4.69) is 12.2 Å². The van der Waals surface area contributed by atoms with E-state index in [0.29, 0.717) is 25.3 Å². The number of aryl methyl sites for hydroxylation is 1. The van der Waals surface area contributed by atoms with Crippen LogP contribution in [0.15, 0.2) is 53.4 Å². The van der Waals surface area contributed by atoms with Crippen molar-refractivity contribution in [2.45, 2.75) is 38.5 Å². The van der Waals surface area contributed by atoms with Crippen LogP contribution < -0.4 is 10.2 Å². The number of carbonyl (C=O) groups excluding carboxylic acids is 2. The Bertz CT molecular complexity index is 1030. The number of carbonyl (C=O) groups is 2. The van der Waals surface area contributed by atoms with Gasteiger partial charge in [0.15, 0.2) is 0 Å². The highest BCUT2D eigenvalue weighted by molar-refractivity contribution is 7.89. The van der Waals surface area contributed by atoms with Crippen LogP contribution in [-0.2, 0) is 26.0 Å². The van der Waals surface area contributed by atoms with Gasteiger partial charge < -0.3 is 10.2 Å². The lowest BCUT2D eigenvalue weighted by Crippen LogP contribution is -2.30. The molecule has 2 aromatic rings. The molecule has 2 aromatic carbocycles.